The van der Waals surface area contributed by atoms with Gasteiger partial charge in [-0.25, -0.2) is 0 Å². The summed E-state index contributed by atoms with van der Waals surface area (Å²) in [5.74, 6) is -0.286. The molecular weight excluding hydrogens is 304 g/mol. The highest BCUT2D eigenvalue weighted by atomic mass is 16.6. The number of rotatable bonds is 3. The molecule has 0 saturated heterocycles. The van der Waals surface area contributed by atoms with E-state index >= 15 is 0 Å². The van der Waals surface area contributed by atoms with Crippen molar-refractivity contribution in [3.05, 3.63) is 42.6 Å². The lowest BCUT2D eigenvalue weighted by atomic mass is 10.1. The lowest BCUT2D eigenvalue weighted by molar-refractivity contribution is -0.153. The van der Waals surface area contributed by atoms with Crippen LogP contribution in [0.25, 0.3) is 22.0 Å². The quantitative estimate of drug-likeness (QED) is 0.693. The Labute approximate surface area is 140 Å². The number of esters is 1. The third-order valence-electron chi connectivity index (χ3n) is 3.41. The van der Waals surface area contributed by atoms with Crippen LogP contribution in [0.5, 0.6) is 0 Å². The lowest BCUT2D eigenvalue weighted by Crippen LogP contribution is -2.25. The van der Waals surface area contributed by atoms with Gasteiger partial charge in [0.2, 0.25) is 0 Å². The number of nitrogens with zero attached hydrogens (tertiary/aromatic N) is 4. The number of ether oxygens (including phenoxy) is 1. The summed E-state index contributed by atoms with van der Waals surface area (Å²) in [7, 11) is 1.88. The molecule has 0 unspecified atom stereocenters. The van der Waals surface area contributed by atoms with Crippen molar-refractivity contribution in [2.75, 3.05) is 0 Å². The number of pyridine rings is 2. The minimum Gasteiger partial charge on any atom is -0.460 e. The van der Waals surface area contributed by atoms with Gasteiger partial charge in [0.15, 0.2) is 0 Å². The maximum Gasteiger partial charge on any atom is 0.312 e. The highest BCUT2D eigenvalue weighted by Crippen LogP contribution is 2.22. The van der Waals surface area contributed by atoms with Crippen LogP contribution < -0.4 is 0 Å². The van der Waals surface area contributed by atoms with Crippen molar-refractivity contribution in [2.24, 2.45) is 7.05 Å². The van der Waals surface area contributed by atoms with E-state index in [4.69, 9.17) is 4.74 Å². The smallest absolute Gasteiger partial charge is 0.312 e. The Bertz CT molecular complexity index is 893. The van der Waals surface area contributed by atoms with E-state index < -0.39 is 5.60 Å². The molecule has 3 rings (SSSR count). The number of carbonyl (C=O) groups is 1. The van der Waals surface area contributed by atoms with Crippen molar-refractivity contribution in [2.45, 2.75) is 32.8 Å². The van der Waals surface area contributed by atoms with Crippen molar-refractivity contribution in [3.63, 3.8) is 0 Å². The van der Waals surface area contributed by atoms with Gasteiger partial charge in [-0.3, -0.25) is 19.4 Å². The van der Waals surface area contributed by atoms with Crippen molar-refractivity contribution in [1.82, 2.24) is 19.7 Å². The molecule has 3 heterocycles. The summed E-state index contributed by atoms with van der Waals surface area (Å²) in [6.07, 6.45) is 7.36. The van der Waals surface area contributed by atoms with Gasteiger partial charge in [-0.2, -0.15) is 5.10 Å². The Morgan fingerprint density at radius 3 is 2.58 bits per heavy atom. The summed E-state index contributed by atoms with van der Waals surface area (Å²) in [4.78, 5) is 20.7. The first-order valence-electron chi connectivity index (χ1n) is 7.76. The number of hydrogen-bond acceptors (Lipinski definition) is 5. The second-order valence-electron chi connectivity index (χ2n) is 6.76. The molecule has 0 aliphatic rings. The van der Waals surface area contributed by atoms with Gasteiger partial charge in [-0.05, 0) is 32.9 Å². The fourth-order valence-electron chi connectivity index (χ4n) is 2.43. The fourth-order valence-corrected chi connectivity index (χ4v) is 2.43. The topological polar surface area (TPSA) is 69.9 Å². The van der Waals surface area contributed by atoms with Crippen LogP contribution >= 0.6 is 0 Å². The third-order valence-corrected chi connectivity index (χ3v) is 3.41. The van der Waals surface area contributed by atoms with Crippen LogP contribution in [0.3, 0.4) is 0 Å². The number of hydrogen-bond donors (Lipinski definition) is 0. The molecule has 0 atom stereocenters. The van der Waals surface area contributed by atoms with E-state index in [2.05, 4.69) is 15.1 Å². The van der Waals surface area contributed by atoms with Crippen LogP contribution in [0, 0.1) is 0 Å². The molecule has 0 radical (unpaired) electrons. The number of fused-ring (bicyclic) bond motifs is 1. The zero-order valence-corrected chi connectivity index (χ0v) is 14.3. The molecule has 6 nitrogen and oxygen atoms in total. The van der Waals surface area contributed by atoms with Crippen molar-refractivity contribution < 1.29 is 9.53 Å². The lowest BCUT2D eigenvalue weighted by Gasteiger charge is -2.19. The van der Waals surface area contributed by atoms with Gasteiger partial charge in [0, 0.05) is 36.0 Å². The highest BCUT2D eigenvalue weighted by molar-refractivity contribution is 5.84. The Morgan fingerprint density at radius 2 is 1.92 bits per heavy atom. The SMILES string of the molecule is Cn1cc(-c2cnc3cnc(CC(=O)OC(C)(C)C)cc3c2)cn1. The summed E-state index contributed by atoms with van der Waals surface area (Å²) in [6.45, 7) is 5.55. The largest absolute Gasteiger partial charge is 0.460 e. The van der Waals surface area contributed by atoms with E-state index in [9.17, 15) is 4.79 Å². The predicted octanol–water partition coefficient (Wildman–Crippen LogP) is 2.91. The van der Waals surface area contributed by atoms with Crippen molar-refractivity contribution >= 4 is 16.9 Å². The summed E-state index contributed by atoms with van der Waals surface area (Å²) < 4.78 is 7.09. The van der Waals surface area contributed by atoms with Gasteiger partial charge < -0.3 is 4.74 Å². The number of aryl methyl sites for hydroxylation is 1. The van der Waals surface area contributed by atoms with Gasteiger partial charge in [0.25, 0.3) is 0 Å². The summed E-state index contributed by atoms with van der Waals surface area (Å²) >= 11 is 0. The van der Waals surface area contributed by atoms with E-state index in [-0.39, 0.29) is 12.4 Å². The predicted molar refractivity (Wildman–Crippen MR) is 91.3 cm³/mol. The maximum absolute atomic E-state index is 12.0. The van der Waals surface area contributed by atoms with E-state index in [1.54, 1.807) is 23.3 Å². The van der Waals surface area contributed by atoms with Crippen LogP contribution in [0.2, 0.25) is 0 Å². The molecule has 124 valence electrons. The normalized spacial score (nSPS) is 11.7. The molecule has 0 saturated carbocycles. The Morgan fingerprint density at radius 1 is 1.12 bits per heavy atom. The van der Waals surface area contributed by atoms with Crippen LogP contribution in [-0.2, 0) is 23.0 Å². The molecule has 6 heteroatoms. The van der Waals surface area contributed by atoms with E-state index in [1.165, 1.54) is 0 Å². The standard InChI is InChI=1S/C18H20N4O2/c1-18(2,3)24-17(23)7-15-6-12-5-13(8-20-16(12)10-19-15)14-9-21-22(4)11-14/h5-6,8-11H,7H2,1-4H3. The Kier molecular flexibility index (Phi) is 4.05. The number of aromatic nitrogens is 4. The van der Waals surface area contributed by atoms with E-state index in [1.807, 2.05) is 46.1 Å². The third kappa shape index (κ3) is 3.76. The van der Waals surface area contributed by atoms with E-state index in [0.717, 1.165) is 22.0 Å². The van der Waals surface area contributed by atoms with Gasteiger partial charge in [-0.1, -0.05) is 0 Å². The van der Waals surface area contributed by atoms with Crippen molar-refractivity contribution in [3.8, 4) is 11.1 Å². The summed E-state index contributed by atoms with van der Waals surface area (Å²) in [6, 6.07) is 3.91. The second kappa shape index (κ2) is 6.03. The zero-order chi connectivity index (χ0) is 17.3. The molecule has 0 N–H and O–H groups in total. The van der Waals surface area contributed by atoms with Crippen molar-refractivity contribution in [1.29, 1.82) is 0 Å². The zero-order valence-electron chi connectivity index (χ0n) is 14.3. The monoisotopic (exact) mass is 324 g/mol. The summed E-state index contributed by atoms with van der Waals surface area (Å²) in [5, 5.41) is 5.11. The minimum atomic E-state index is -0.497. The van der Waals surface area contributed by atoms with Gasteiger partial charge >= 0.3 is 5.97 Å². The maximum atomic E-state index is 12.0. The first kappa shape index (κ1) is 16.1. The Balaban J connectivity index is 1.88. The molecule has 0 aliphatic heterocycles. The van der Waals surface area contributed by atoms with Crippen LogP contribution in [0.15, 0.2) is 36.9 Å². The average Bonchev–Trinajstić information content (AvgIpc) is 2.91. The molecule has 0 aromatic carbocycles. The minimum absolute atomic E-state index is 0.143. The van der Waals surface area contributed by atoms with Gasteiger partial charge in [0.05, 0.1) is 30.0 Å². The van der Waals surface area contributed by atoms with Crippen LogP contribution in [0.4, 0.5) is 0 Å². The Hall–Kier alpha value is -2.76. The molecular formula is C18H20N4O2. The average molecular weight is 324 g/mol. The molecule has 3 aromatic rings. The highest BCUT2D eigenvalue weighted by Gasteiger charge is 2.17. The first-order chi connectivity index (χ1) is 11.3. The molecule has 3 aromatic heterocycles. The molecule has 0 amide bonds. The fraction of sp³-hybridized carbons (Fsp3) is 0.333. The van der Waals surface area contributed by atoms with E-state index in [0.29, 0.717) is 5.69 Å². The second-order valence-corrected chi connectivity index (χ2v) is 6.76. The van der Waals surface area contributed by atoms with Crippen LogP contribution in [0.1, 0.15) is 26.5 Å². The van der Waals surface area contributed by atoms with Gasteiger partial charge in [-0.15, -0.1) is 0 Å². The molecule has 0 aliphatic carbocycles. The van der Waals surface area contributed by atoms with Crippen LogP contribution in [-0.4, -0.2) is 31.3 Å². The first-order valence-corrected chi connectivity index (χ1v) is 7.76. The molecule has 0 fully saturated rings. The summed E-state index contributed by atoms with van der Waals surface area (Å²) in [5.41, 5.74) is 2.93. The van der Waals surface area contributed by atoms with Gasteiger partial charge in [0.1, 0.15) is 5.60 Å². The molecule has 24 heavy (non-hydrogen) atoms. The number of carbonyl (C=O) groups excluding carboxylic acids is 1. The molecule has 0 spiro atoms. The molecule has 0 bridgehead atoms.